The van der Waals surface area contributed by atoms with Gasteiger partial charge in [0.2, 0.25) is 5.91 Å². The minimum atomic E-state index is -4.44. The van der Waals surface area contributed by atoms with Gasteiger partial charge in [0, 0.05) is 31.8 Å². The molecule has 1 N–H and O–H groups in total. The third-order valence-electron chi connectivity index (χ3n) is 3.67. The van der Waals surface area contributed by atoms with Gasteiger partial charge < -0.3 is 10.2 Å². The summed E-state index contributed by atoms with van der Waals surface area (Å²) in [4.78, 5) is 29.4. The fraction of sp³-hybridized carbons (Fsp3) is 0.278. The van der Waals surface area contributed by atoms with Gasteiger partial charge in [-0.1, -0.05) is 6.07 Å². The Bertz CT molecular complexity index is 747. The summed E-state index contributed by atoms with van der Waals surface area (Å²) in [5.41, 5.74) is 0.0287. The van der Waals surface area contributed by atoms with Gasteiger partial charge in [0.1, 0.15) is 0 Å². The summed E-state index contributed by atoms with van der Waals surface area (Å²) in [5, 5.41) is 2.59. The first kappa shape index (κ1) is 19.4. The Balaban J connectivity index is 1.88. The average Bonchev–Trinajstić information content (AvgIpc) is 2.61. The molecular weight excluding hydrogens is 347 g/mol. The average molecular weight is 365 g/mol. The van der Waals surface area contributed by atoms with Crippen LogP contribution in [0, 0.1) is 0 Å². The number of pyridine rings is 1. The predicted molar refractivity (Wildman–Crippen MR) is 89.1 cm³/mol. The highest BCUT2D eigenvalue weighted by molar-refractivity contribution is 5.94. The third kappa shape index (κ3) is 5.58. The second kappa shape index (κ2) is 8.46. The maximum Gasteiger partial charge on any atom is 0.416 e. The lowest BCUT2D eigenvalue weighted by molar-refractivity contribution is -0.137. The molecule has 0 aliphatic heterocycles. The topological polar surface area (TPSA) is 62.3 Å². The molecule has 0 spiro atoms. The van der Waals surface area contributed by atoms with Crippen molar-refractivity contribution in [1.82, 2.24) is 15.2 Å². The molecule has 5 nitrogen and oxygen atoms in total. The smallest absolute Gasteiger partial charge is 0.350 e. The monoisotopic (exact) mass is 365 g/mol. The number of carbonyl (C=O) groups is 2. The molecule has 0 bridgehead atoms. The molecule has 0 saturated carbocycles. The Labute approximate surface area is 148 Å². The predicted octanol–water partition coefficient (Wildman–Crippen LogP) is 2.88. The van der Waals surface area contributed by atoms with E-state index in [2.05, 4.69) is 10.3 Å². The van der Waals surface area contributed by atoms with E-state index >= 15 is 0 Å². The Morgan fingerprint density at radius 3 is 2.35 bits per heavy atom. The summed E-state index contributed by atoms with van der Waals surface area (Å²) in [6, 6.07) is 9.33. The number of benzene rings is 1. The van der Waals surface area contributed by atoms with Crippen molar-refractivity contribution < 1.29 is 22.8 Å². The van der Waals surface area contributed by atoms with Crippen molar-refractivity contribution >= 4 is 11.8 Å². The number of amides is 2. The standard InChI is InChI=1S/C18H18F3N3O2/c1-13(25)24(12-16-4-2-3-9-22-16)11-10-23-17(26)14-5-7-15(8-6-14)18(19,20)21/h2-9H,10-12H2,1H3,(H,23,26). The summed E-state index contributed by atoms with van der Waals surface area (Å²) >= 11 is 0. The minimum Gasteiger partial charge on any atom is -0.350 e. The van der Waals surface area contributed by atoms with E-state index in [0.717, 1.165) is 30.0 Å². The van der Waals surface area contributed by atoms with Gasteiger partial charge in [0.25, 0.3) is 5.91 Å². The first-order chi connectivity index (χ1) is 12.3. The number of carbonyl (C=O) groups excluding carboxylic acids is 2. The van der Waals surface area contributed by atoms with E-state index in [4.69, 9.17) is 0 Å². The first-order valence-corrected chi connectivity index (χ1v) is 7.88. The van der Waals surface area contributed by atoms with Gasteiger partial charge >= 0.3 is 6.18 Å². The number of nitrogens with one attached hydrogen (secondary N) is 1. The quantitative estimate of drug-likeness (QED) is 0.856. The van der Waals surface area contributed by atoms with Crippen molar-refractivity contribution in [1.29, 1.82) is 0 Å². The molecule has 0 fully saturated rings. The molecule has 2 amide bonds. The summed E-state index contributed by atoms with van der Waals surface area (Å²) in [6.45, 7) is 2.16. The minimum absolute atomic E-state index is 0.122. The van der Waals surface area contributed by atoms with Crippen LogP contribution in [0.4, 0.5) is 13.2 Å². The van der Waals surface area contributed by atoms with Crippen molar-refractivity contribution in [3.8, 4) is 0 Å². The molecule has 138 valence electrons. The fourth-order valence-electron chi connectivity index (χ4n) is 2.25. The molecule has 0 unspecified atom stereocenters. The van der Waals surface area contributed by atoms with Crippen LogP contribution >= 0.6 is 0 Å². The van der Waals surface area contributed by atoms with Crippen LogP contribution in [0.25, 0.3) is 0 Å². The Hall–Kier alpha value is -2.90. The Morgan fingerprint density at radius 1 is 1.12 bits per heavy atom. The first-order valence-electron chi connectivity index (χ1n) is 7.88. The molecular formula is C18H18F3N3O2. The highest BCUT2D eigenvalue weighted by Crippen LogP contribution is 2.29. The number of alkyl halides is 3. The molecule has 8 heteroatoms. The zero-order chi connectivity index (χ0) is 19.2. The summed E-state index contributed by atoms with van der Waals surface area (Å²) < 4.78 is 37.6. The molecule has 26 heavy (non-hydrogen) atoms. The second-order valence-corrected chi connectivity index (χ2v) is 5.59. The van der Waals surface area contributed by atoms with Crippen LogP contribution < -0.4 is 5.32 Å². The van der Waals surface area contributed by atoms with Crippen molar-refractivity contribution in [2.75, 3.05) is 13.1 Å². The van der Waals surface area contributed by atoms with E-state index in [1.165, 1.54) is 11.8 Å². The van der Waals surface area contributed by atoms with Crippen LogP contribution in [0.1, 0.15) is 28.5 Å². The van der Waals surface area contributed by atoms with E-state index in [9.17, 15) is 22.8 Å². The van der Waals surface area contributed by atoms with Gasteiger partial charge in [-0.05, 0) is 36.4 Å². The Kier molecular flexibility index (Phi) is 6.32. The zero-order valence-corrected chi connectivity index (χ0v) is 14.1. The molecule has 1 aromatic carbocycles. The van der Waals surface area contributed by atoms with Gasteiger partial charge in [-0.2, -0.15) is 13.2 Å². The molecule has 2 aromatic rings. The summed E-state index contributed by atoms with van der Waals surface area (Å²) in [5.74, 6) is -0.667. The highest BCUT2D eigenvalue weighted by Gasteiger charge is 2.30. The van der Waals surface area contributed by atoms with Crippen LogP contribution in [0.2, 0.25) is 0 Å². The van der Waals surface area contributed by atoms with Crippen LogP contribution in [0.5, 0.6) is 0 Å². The fourth-order valence-corrected chi connectivity index (χ4v) is 2.25. The van der Waals surface area contributed by atoms with Crippen LogP contribution in [-0.4, -0.2) is 34.8 Å². The molecule has 0 atom stereocenters. The maximum absolute atomic E-state index is 12.5. The third-order valence-corrected chi connectivity index (χ3v) is 3.67. The Morgan fingerprint density at radius 2 is 1.81 bits per heavy atom. The molecule has 0 saturated heterocycles. The van der Waals surface area contributed by atoms with Gasteiger partial charge in [-0.25, -0.2) is 0 Å². The molecule has 0 aliphatic rings. The van der Waals surface area contributed by atoms with E-state index in [1.807, 2.05) is 6.07 Å². The lowest BCUT2D eigenvalue weighted by Crippen LogP contribution is -2.37. The lowest BCUT2D eigenvalue weighted by atomic mass is 10.1. The molecule has 0 radical (unpaired) electrons. The van der Waals surface area contributed by atoms with E-state index < -0.39 is 17.6 Å². The van der Waals surface area contributed by atoms with Crippen molar-refractivity contribution in [3.63, 3.8) is 0 Å². The largest absolute Gasteiger partial charge is 0.416 e. The number of hydrogen-bond acceptors (Lipinski definition) is 3. The van der Waals surface area contributed by atoms with Crippen molar-refractivity contribution in [3.05, 3.63) is 65.5 Å². The van der Waals surface area contributed by atoms with Crippen LogP contribution in [0.3, 0.4) is 0 Å². The summed E-state index contributed by atoms with van der Waals surface area (Å²) in [7, 11) is 0. The van der Waals surface area contributed by atoms with Crippen LogP contribution in [0.15, 0.2) is 48.7 Å². The number of rotatable bonds is 6. The van der Waals surface area contributed by atoms with Crippen molar-refractivity contribution in [2.45, 2.75) is 19.6 Å². The second-order valence-electron chi connectivity index (χ2n) is 5.59. The zero-order valence-electron chi connectivity index (χ0n) is 14.1. The molecule has 0 aliphatic carbocycles. The SMILES string of the molecule is CC(=O)N(CCNC(=O)c1ccc(C(F)(F)F)cc1)Cc1ccccn1. The van der Waals surface area contributed by atoms with Gasteiger partial charge in [-0.15, -0.1) is 0 Å². The molecule has 1 aromatic heterocycles. The van der Waals surface area contributed by atoms with Gasteiger partial charge in [-0.3, -0.25) is 14.6 Å². The van der Waals surface area contributed by atoms with E-state index in [-0.39, 0.29) is 24.6 Å². The van der Waals surface area contributed by atoms with Gasteiger partial charge in [0.05, 0.1) is 17.8 Å². The number of halogens is 3. The highest BCUT2D eigenvalue weighted by atomic mass is 19.4. The van der Waals surface area contributed by atoms with E-state index in [0.29, 0.717) is 6.54 Å². The number of hydrogen-bond donors (Lipinski definition) is 1. The molecule has 1 heterocycles. The maximum atomic E-state index is 12.5. The normalized spacial score (nSPS) is 11.1. The number of aromatic nitrogens is 1. The summed E-state index contributed by atoms with van der Waals surface area (Å²) in [6.07, 6.45) is -2.82. The van der Waals surface area contributed by atoms with Crippen molar-refractivity contribution in [2.24, 2.45) is 0 Å². The molecule has 2 rings (SSSR count). The van der Waals surface area contributed by atoms with Crippen LogP contribution in [-0.2, 0) is 17.5 Å². The number of nitrogens with zero attached hydrogens (tertiary/aromatic N) is 2. The lowest BCUT2D eigenvalue weighted by Gasteiger charge is -2.20. The van der Waals surface area contributed by atoms with E-state index in [1.54, 1.807) is 18.3 Å². The van der Waals surface area contributed by atoms with Gasteiger partial charge in [0.15, 0.2) is 0 Å².